The fraction of sp³-hybridized carbons (Fsp3) is 0.0526. The summed E-state index contributed by atoms with van der Waals surface area (Å²) in [5, 5.41) is 17.6. The van der Waals surface area contributed by atoms with Gasteiger partial charge in [0.15, 0.2) is 0 Å². The van der Waals surface area contributed by atoms with E-state index in [0.717, 1.165) is 18.5 Å². The molecule has 0 aliphatic heterocycles. The molecule has 0 bridgehead atoms. The number of nitrogens with zero attached hydrogens (tertiary/aromatic N) is 3. The molecule has 10 heteroatoms. The van der Waals surface area contributed by atoms with Crippen LogP contribution in [0, 0.1) is 11.3 Å². The summed E-state index contributed by atoms with van der Waals surface area (Å²) in [5.41, 5.74) is 6.79. The molecule has 0 saturated carbocycles. The van der Waals surface area contributed by atoms with E-state index < -0.39 is 17.9 Å². The number of amidine groups is 1. The van der Waals surface area contributed by atoms with Crippen molar-refractivity contribution in [2.45, 2.75) is 6.36 Å². The predicted octanol–water partition coefficient (Wildman–Crippen LogP) is 3.64. The number of alkyl halides is 3. The molecule has 0 aliphatic carbocycles. The Morgan fingerprint density at radius 1 is 1.14 bits per heavy atom. The van der Waals surface area contributed by atoms with Crippen LogP contribution in [0.1, 0.15) is 11.1 Å². The minimum absolute atomic E-state index is 0.111. The molecule has 0 atom stereocenters. The number of hydrogen-bond acceptors (Lipinski definition) is 4. The molecule has 0 radical (unpaired) electrons. The number of carboxylic acid groups (broad SMARTS) is 1. The third-order valence-corrected chi connectivity index (χ3v) is 3.34. The maximum atomic E-state index is 12.1. The topological polar surface area (TPSA) is 121 Å². The Hall–Kier alpha value is -4.13. The molecule has 0 heterocycles. The monoisotopic (exact) mass is 402 g/mol. The number of benzene rings is 2. The fourth-order valence-corrected chi connectivity index (χ4v) is 2.02. The third-order valence-electron chi connectivity index (χ3n) is 3.34. The first kappa shape index (κ1) is 21.2. The summed E-state index contributed by atoms with van der Waals surface area (Å²) >= 11 is 0. The third kappa shape index (κ3) is 6.84. The number of aliphatic imine (C=N–C) groups is 2. The van der Waals surface area contributed by atoms with Crippen LogP contribution in [0.5, 0.6) is 5.75 Å². The Bertz CT molecular complexity index is 1000. The van der Waals surface area contributed by atoms with E-state index in [9.17, 15) is 18.0 Å². The minimum atomic E-state index is -4.77. The molecule has 0 aliphatic rings. The molecule has 7 nitrogen and oxygen atoms in total. The smallest absolute Gasteiger partial charge is 0.477 e. The number of nitriles is 1. The number of rotatable bonds is 6. The van der Waals surface area contributed by atoms with Gasteiger partial charge in [0.05, 0.1) is 5.69 Å². The van der Waals surface area contributed by atoms with Crippen LogP contribution in [-0.2, 0) is 4.79 Å². The van der Waals surface area contributed by atoms with Crippen molar-refractivity contribution in [2.75, 3.05) is 0 Å². The van der Waals surface area contributed by atoms with Crippen molar-refractivity contribution in [3.8, 4) is 11.8 Å². The van der Waals surface area contributed by atoms with Crippen LogP contribution >= 0.6 is 0 Å². The van der Waals surface area contributed by atoms with Gasteiger partial charge in [-0.05, 0) is 35.9 Å². The minimum Gasteiger partial charge on any atom is -0.477 e. The van der Waals surface area contributed by atoms with Crippen molar-refractivity contribution in [1.82, 2.24) is 0 Å². The molecule has 29 heavy (non-hydrogen) atoms. The van der Waals surface area contributed by atoms with Crippen LogP contribution in [0.15, 0.2) is 64.1 Å². The quantitative estimate of drug-likeness (QED) is 0.331. The van der Waals surface area contributed by atoms with Gasteiger partial charge in [0.1, 0.15) is 29.6 Å². The molecule has 2 aromatic carbocycles. The maximum absolute atomic E-state index is 12.1. The van der Waals surface area contributed by atoms with E-state index >= 15 is 0 Å². The highest BCUT2D eigenvalue weighted by molar-refractivity contribution is 6.01. The van der Waals surface area contributed by atoms with E-state index in [0.29, 0.717) is 16.8 Å². The van der Waals surface area contributed by atoms with Gasteiger partial charge in [0, 0.05) is 5.56 Å². The zero-order valence-corrected chi connectivity index (χ0v) is 14.6. The van der Waals surface area contributed by atoms with Gasteiger partial charge in [-0.2, -0.15) is 5.26 Å². The number of nitrogens with two attached hydrogens (primary N) is 1. The van der Waals surface area contributed by atoms with Gasteiger partial charge in [-0.15, -0.1) is 13.2 Å². The van der Waals surface area contributed by atoms with Gasteiger partial charge >= 0.3 is 12.3 Å². The number of ether oxygens (including phenoxy) is 1. The average Bonchev–Trinajstić information content (AvgIpc) is 2.66. The molecule has 0 saturated heterocycles. The number of carbonyl (C=O) groups is 1. The van der Waals surface area contributed by atoms with Crippen molar-refractivity contribution in [3.63, 3.8) is 0 Å². The second kappa shape index (κ2) is 9.18. The van der Waals surface area contributed by atoms with Crippen molar-refractivity contribution in [2.24, 2.45) is 15.7 Å². The Balaban J connectivity index is 2.06. The lowest BCUT2D eigenvalue weighted by Crippen LogP contribution is -2.16. The Labute approximate surface area is 162 Å². The van der Waals surface area contributed by atoms with Gasteiger partial charge in [-0.25, -0.2) is 14.8 Å². The van der Waals surface area contributed by atoms with Gasteiger partial charge in [-0.1, -0.05) is 24.3 Å². The van der Waals surface area contributed by atoms with E-state index in [1.54, 1.807) is 30.3 Å². The lowest BCUT2D eigenvalue weighted by atomic mass is 10.1. The van der Waals surface area contributed by atoms with Crippen molar-refractivity contribution < 1.29 is 27.8 Å². The van der Waals surface area contributed by atoms with Crippen LogP contribution in [0.4, 0.5) is 18.9 Å². The lowest BCUT2D eigenvalue weighted by molar-refractivity contribution is -0.274. The Kier molecular flexibility index (Phi) is 6.71. The molecule has 0 fully saturated rings. The summed E-state index contributed by atoms with van der Waals surface area (Å²) in [6.07, 6.45) is -2.41. The van der Waals surface area contributed by atoms with E-state index in [4.69, 9.17) is 16.1 Å². The standard InChI is InChI=1S/C19H13F3N4O3/c20-19(21,22)29-16-7-5-15(6-8-16)25-11-26-17(24)13-3-1-12(2-4-13)9-14(10-23)18(27)28/h1-9,11H,(H,27,28)(H2,24,25,26)/b14-9+. The van der Waals surface area contributed by atoms with Gasteiger partial charge in [0.2, 0.25) is 0 Å². The van der Waals surface area contributed by atoms with Gasteiger partial charge in [-0.3, -0.25) is 0 Å². The lowest BCUT2D eigenvalue weighted by Gasteiger charge is -2.08. The van der Waals surface area contributed by atoms with E-state index in [1.165, 1.54) is 18.2 Å². The molecule has 0 aromatic heterocycles. The van der Waals surface area contributed by atoms with Gasteiger partial charge < -0.3 is 15.6 Å². The van der Waals surface area contributed by atoms with Gasteiger partial charge in [0.25, 0.3) is 0 Å². The molecule has 0 amide bonds. The summed E-state index contributed by atoms with van der Waals surface area (Å²) in [7, 11) is 0. The molecule has 0 spiro atoms. The summed E-state index contributed by atoms with van der Waals surface area (Å²) in [6, 6.07) is 12.7. The molecule has 2 aromatic rings. The van der Waals surface area contributed by atoms with Crippen molar-refractivity contribution in [3.05, 3.63) is 65.2 Å². The fourth-order valence-electron chi connectivity index (χ4n) is 2.02. The first-order valence-electron chi connectivity index (χ1n) is 7.85. The average molecular weight is 402 g/mol. The summed E-state index contributed by atoms with van der Waals surface area (Å²) < 4.78 is 40.1. The highest BCUT2D eigenvalue weighted by Gasteiger charge is 2.30. The molecule has 148 valence electrons. The number of halogens is 3. The second-order valence-corrected chi connectivity index (χ2v) is 5.40. The van der Waals surface area contributed by atoms with E-state index in [1.807, 2.05) is 0 Å². The van der Waals surface area contributed by atoms with E-state index in [2.05, 4.69) is 14.7 Å². The van der Waals surface area contributed by atoms with Crippen molar-refractivity contribution >= 4 is 29.9 Å². The number of hydrogen-bond donors (Lipinski definition) is 2. The normalized spacial score (nSPS) is 12.6. The van der Waals surface area contributed by atoms with Crippen LogP contribution < -0.4 is 10.5 Å². The number of carboxylic acids is 1. The van der Waals surface area contributed by atoms with Crippen molar-refractivity contribution in [1.29, 1.82) is 5.26 Å². The maximum Gasteiger partial charge on any atom is 0.573 e. The van der Waals surface area contributed by atoms with E-state index in [-0.39, 0.29) is 11.6 Å². The Morgan fingerprint density at radius 3 is 2.28 bits per heavy atom. The summed E-state index contributed by atoms with van der Waals surface area (Å²) in [4.78, 5) is 18.7. The SMILES string of the molecule is N#C/C(=C\c1ccc(C(N)=NC=Nc2ccc(OC(F)(F)F)cc2)cc1)C(=O)O. The Morgan fingerprint density at radius 2 is 1.76 bits per heavy atom. The molecule has 3 N–H and O–H groups in total. The zero-order valence-electron chi connectivity index (χ0n) is 14.6. The number of aliphatic carboxylic acids is 1. The summed E-state index contributed by atoms with van der Waals surface area (Å²) in [5.74, 6) is -1.58. The van der Waals surface area contributed by atoms with Crippen LogP contribution in [-0.4, -0.2) is 29.6 Å². The molecular weight excluding hydrogens is 389 g/mol. The predicted molar refractivity (Wildman–Crippen MR) is 99.7 cm³/mol. The zero-order chi connectivity index (χ0) is 21.4. The highest BCUT2D eigenvalue weighted by atomic mass is 19.4. The first-order valence-corrected chi connectivity index (χ1v) is 7.85. The second-order valence-electron chi connectivity index (χ2n) is 5.40. The molecule has 0 unspecified atom stereocenters. The summed E-state index contributed by atoms with van der Waals surface area (Å²) in [6.45, 7) is 0. The first-order chi connectivity index (χ1) is 13.7. The van der Waals surface area contributed by atoms with Crippen LogP contribution in [0.25, 0.3) is 6.08 Å². The van der Waals surface area contributed by atoms with Crippen LogP contribution in [0.2, 0.25) is 0 Å². The molecular formula is C19H13F3N4O3. The molecule has 2 rings (SSSR count). The van der Waals surface area contributed by atoms with Crippen LogP contribution in [0.3, 0.4) is 0 Å². The largest absolute Gasteiger partial charge is 0.573 e. The highest BCUT2D eigenvalue weighted by Crippen LogP contribution is 2.24.